The summed E-state index contributed by atoms with van der Waals surface area (Å²) in [6, 6.07) is 7.46. The molecule has 0 aliphatic heterocycles. The molecule has 7 heteroatoms. The molecule has 0 atom stereocenters. The molecule has 1 heterocycles. The van der Waals surface area contributed by atoms with Crippen LogP contribution in [0.3, 0.4) is 0 Å². The molecule has 0 bridgehead atoms. The fourth-order valence-corrected chi connectivity index (χ4v) is 2.07. The molecule has 0 aliphatic carbocycles. The molecule has 1 aromatic heterocycles. The number of hydrogen-bond donors (Lipinski definition) is 1. The summed E-state index contributed by atoms with van der Waals surface area (Å²) >= 11 is 5.81. The zero-order valence-corrected chi connectivity index (χ0v) is 12.8. The van der Waals surface area contributed by atoms with Gasteiger partial charge in [-0.3, -0.25) is 4.79 Å². The normalized spacial score (nSPS) is 10.9. The highest BCUT2D eigenvalue weighted by molar-refractivity contribution is 6.30. The molecule has 2 rings (SSSR count). The van der Waals surface area contributed by atoms with Gasteiger partial charge in [0, 0.05) is 18.0 Å². The van der Waals surface area contributed by atoms with Gasteiger partial charge in [0.1, 0.15) is 0 Å². The highest BCUT2D eigenvalue weighted by Crippen LogP contribution is 2.09. The van der Waals surface area contributed by atoms with E-state index in [9.17, 15) is 4.79 Å². The number of amides is 1. The van der Waals surface area contributed by atoms with Crippen molar-refractivity contribution in [2.75, 3.05) is 6.54 Å². The summed E-state index contributed by atoms with van der Waals surface area (Å²) in [7, 11) is 0. The van der Waals surface area contributed by atoms with Crippen LogP contribution in [0.4, 0.5) is 0 Å². The summed E-state index contributed by atoms with van der Waals surface area (Å²) in [6.45, 7) is 4.54. The van der Waals surface area contributed by atoms with Crippen LogP contribution in [0.25, 0.3) is 0 Å². The Morgan fingerprint density at radius 1 is 1.33 bits per heavy atom. The minimum Gasteiger partial charge on any atom is -0.355 e. The van der Waals surface area contributed by atoms with Crippen molar-refractivity contribution in [3.8, 4) is 0 Å². The third kappa shape index (κ3) is 4.53. The van der Waals surface area contributed by atoms with Gasteiger partial charge in [-0.2, -0.15) is 0 Å². The Morgan fingerprint density at radius 3 is 2.71 bits per heavy atom. The Bertz CT molecular complexity index is 594. The van der Waals surface area contributed by atoms with Crippen LogP contribution in [0.5, 0.6) is 0 Å². The molecule has 1 amide bonds. The maximum atomic E-state index is 11.8. The molecule has 21 heavy (non-hydrogen) atoms. The van der Waals surface area contributed by atoms with Gasteiger partial charge in [0.25, 0.3) is 0 Å². The van der Waals surface area contributed by atoms with Crippen LogP contribution in [-0.4, -0.2) is 32.7 Å². The smallest absolute Gasteiger partial charge is 0.224 e. The zero-order valence-electron chi connectivity index (χ0n) is 12.1. The van der Waals surface area contributed by atoms with Crippen LogP contribution < -0.4 is 5.32 Å². The van der Waals surface area contributed by atoms with Crippen molar-refractivity contribution in [2.45, 2.75) is 32.7 Å². The first-order valence-electron chi connectivity index (χ1n) is 6.84. The summed E-state index contributed by atoms with van der Waals surface area (Å²) in [5, 5.41) is 15.1. The maximum Gasteiger partial charge on any atom is 0.224 e. The molecule has 6 nitrogen and oxygen atoms in total. The van der Waals surface area contributed by atoms with Crippen molar-refractivity contribution in [2.24, 2.45) is 0 Å². The van der Waals surface area contributed by atoms with Gasteiger partial charge >= 0.3 is 0 Å². The van der Waals surface area contributed by atoms with Gasteiger partial charge in [-0.1, -0.05) is 23.7 Å². The van der Waals surface area contributed by atoms with Crippen LogP contribution in [0.15, 0.2) is 24.3 Å². The molecule has 2 aromatic rings. The van der Waals surface area contributed by atoms with Crippen LogP contribution in [-0.2, 0) is 17.6 Å². The van der Waals surface area contributed by atoms with Gasteiger partial charge in [0.05, 0.1) is 12.5 Å². The number of rotatable bonds is 6. The predicted octanol–water partition coefficient (Wildman–Crippen LogP) is 1.81. The molecule has 0 saturated heterocycles. The number of hydrogen-bond acceptors (Lipinski definition) is 4. The standard InChI is InChI=1S/C14H18ClN5O/c1-10(2)20-13(17-18-19-20)7-8-16-14(21)9-11-3-5-12(15)6-4-11/h3-6,10H,7-9H2,1-2H3,(H,16,21). The molecule has 0 fully saturated rings. The highest BCUT2D eigenvalue weighted by atomic mass is 35.5. The number of carbonyl (C=O) groups excluding carboxylic acids is 1. The second-order valence-electron chi connectivity index (χ2n) is 5.04. The van der Waals surface area contributed by atoms with Crippen molar-refractivity contribution in [3.05, 3.63) is 40.7 Å². The lowest BCUT2D eigenvalue weighted by molar-refractivity contribution is -0.120. The zero-order chi connectivity index (χ0) is 15.2. The van der Waals surface area contributed by atoms with E-state index in [1.165, 1.54) is 0 Å². The topological polar surface area (TPSA) is 72.7 Å². The third-order valence-corrected chi connectivity index (χ3v) is 3.25. The molecule has 0 saturated carbocycles. The number of halogens is 1. The highest BCUT2D eigenvalue weighted by Gasteiger charge is 2.09. The number of nitrogens with zero attached hydrogens (tertiary/aromatic N) is 4. The summed E-state index contributed by atoms with van der Waals surface area (Å²) in [5.41, 5.74) is 0.934. The number of benzene rings is 1. The van der Waals surface area contributed by atoms with Gasteiger partial charge in [-0.05, 0) is 42.0 Å². The molecular formula is C14H18ClN5O. The van der Waals surface area contributed by atoms with Gasteiger partial charge in [0.2, 0.25) is 5.91 Å². The van der Waals surface area contributed by atoms with Gasteiger partial charge in [-0.15, -0.1) is 5.10 Å². The van der Waals surface area contributed by atoms with E-state index in [0.717, 1.165) is 11.4 Å². The van der Waals surface area contributed by atoms with Gasteiger partial charge in [0.15, 0.2) is 5.82 Å². The van der Waals surface area contributed by atoms with Gasteiger partial charge < -0.3 is 5.32 Å². The van der Waals surface area contributed by atoms with Crippen LogP contribution in [0.2, 0.25) is 5.02 Å². The van der Waals surface area contributed by atoms with Crippen LogP contribution in [0.1, 0.15) is 31.3 Å². The molecule has 0 spiro atoms. The van der Waals surface area contributed by atoms with E-state index < -0.39 is 0 Å². The fraction of sp³-hybridized carbons (Fsp3) is 0.429. The number of aromatic nitrogens is 4. The summed E-state index contributed by atoms with van der Waals surface area (Å²) in [5.74, 6) is 0.748. The van der Waals surface area contributed by atoms with E-state index in [-0.39, 0.29) is 11.9 Å². The average molecular weight is 308 g/mol. The average Bonchev–Trinajstić information content (AvgIpc) is 2.90. The minimum absolute atomic E-state index is 0.0270. The third-order valence-electron chi connectivity index (χ3n) is 3.00. The first-order valence-corrected chi connectivity index (χ1v) is 7.22. The lowest BCUT2D eigenvalue weighted by atomic mass is 10.1. The first-order chi connectivity index (χ1) is 10.1. The Kier molecular flexibility index (Phi) is 5.27. The second-order valence-corrected chi connectivity index (χ2v) is 5.47. The predicted molar refractivity (Wildman–Crippen MR) is 80.1 cm³/mol. The molecule has 0 aliphatic rings. The van der Waals surface area contributed by atoms with E-state index in [1.807, 2.05) is 26.0 Å². The Balaban J connectivity index is 1.79. The van der Waals surface area contributed by atoms with Crippen molar-refractivity contribution in [1.82, 2.24) is 25.5 Å². The largest absolute Gasteiger partial charge is 0.355 e. The molecular weight excluding hydrogens is 290 g/mol. The summed E-state index contributed by atoms with van der Waals surface area (Å²) < 4.78 is 1.76. The summed E-state index contributed by atoms with van der Waals surface area (Å²) in [6.07, 6.45) is 0.948. The fourth-order valence-electron chi connectivity index (χ4n) is 1.94. The minimum atomic E-state index is -0.0270. The van der Waals surface area contributed by atoms with E-state index in [1.54, 1.807) is 16.8 Å². The van der Waals surface area contributed by atoms with Crippen molar-refractivity contribution in [3.63, 3.8) is 0 Å². The van der Waals surface area contributed by atoms with Gasteiger partial charge in [-0.25, -0.2) is 4.68 Å². The van der Waals surface area contributed by atoms with E-state index in [0.29, 0.717) is 24.4 Å². The second kappa shape index (κ2) is 7.17. The molecule has 1 aromatic carbocycles. The van der Waals surface area contributed by atoms with E-state index in [2.05, 4.69) is 20.8 Å². The number of tetrazole rings is 1. The van der Waals surface area contributed by atoms with E-state index >= 15 is 0 Å². The monoisotopic (exact) mass is 307 g/mol. The number of nitrogens with one attached hydrogen (secondary N) is 1. The quantitative estimate of drug-likeness (QED) is 0.883. The Morgan fingerprint density at radius 2 is 2.05 bits per heavy atom. The van der Waals surface area contributed by atoms with Crippen molar-refractivity contribution < 1.29 is 4.79 Å². The molecule has 1 N–H and O–H groups in total. The Hall–Kier alpha value is -1.95. The van der Waals surface area contributed by atoms with Crippen molar-refractivity contribution >= 4 is 17.5 Å². The number of carbonyl (C=O) groups is 1. The maximum absolute atomic E-state index is 11.8. The Labute approximate surface area is 128 Å². The van der Waals surface area contributed by atoms with E-state index in [4.69, 9.17) is 11.6 Å². The van der Waals surface area contributed by atoms with Crippen molar-refractivity contribution in [1.29, 1.82) is 0 Å². The van der Waals surface area contributed by atoms with Crippen LogP contribution in [0, 0.1) is 0 Å². The SMILES string of the molecule is CC(C)n1nnnc1CCNC(=O)Cc1ccc(Cl)cc1. The lowest BCUT2D eigenvalue weighted by Crippen LogP contribution is -2.28. The molecule has 112 valence electrons. The molecule has 0 radical (unpaired) electrons. The summed E-state index contributed by atoms with van der Waals surface area (Å²) in [4.78, 5) is 11.8. The lowest BCUT2D eigenvalue weighted by Gasteiger charge is -2.08. The van der Waals surface area contributed by atoms with Crippen LogP contribution >= 0.6 is 11.6 Å². The first kappa shape index (κ1) is 15.4. The molecule has 0 unspecified atom stereocenters.